The van der Waals surface area contributed by atoms with Gasteiger partial charge in [-0.2, -0.15) is 4.98 Å². The predicted molar refractivity (Wildman–Crippen MR) is 106 cm³/mol. The molecule has 0 aliphatic carbocycles. The van der Waals surface area contributed by atoms with Gasteiger partial charge in [0.25, 0.3) is 5.56 Å². The summed E-state index contributed by atoms with van der Waals surface area (Å²) in [6.07, 6.45) is 1.72. The van der Waals surface area contributed by atoms with Crippen molar-refractivity contribution in [2.24, 2.45) is 0 Å². The van der Waals surface area contributed by atoms with Crippen LogP contribution in [-0.2, 0) is 6.42 Å². The topological polar surface area (TPSA) is 46.9 Å². The molecule has 1 aliphatic rings. The van der Waals surface area contributed by atoms with Crippen molar-refractivity contribution < 1.29 is 0 Å². The van der Waals surface area contributed by atoms with Crippen LogP contribution in [-0.4, -0.2) is 9.55 Å². The monoisotopic (exact) mass is 385 g/mol. The van der Waals surface area contributed by atoms with Crippen molar-refractivity contribution in [3.05, 3.63) is 85.8 Å². The summed E-state index contributed by atoms with van der Waals surface area (Å²) >= 11 is 12.4. The number of aryl methyl sites for hydroxylation is 1. The number of fused-ring (bicyclic) bond motifs is 1. The van der Waals surface area contributed by atoms with Gasteiger partial charge in [-0.3, -0.25) is 4.79 Å². The van der Waals surface area contributed by atoms with E-state index >= 15 is 0 Å². The fourth-order valence-electron chi connectivity index (χ4n) is 3.47. The maximum Gasteiger partial charge on any atom is 0.274 e. The van der Waals surface area contributed by atoms with E-state index in [0.717, 1.165) is 35.3 Å². The Hall–Kier alpha value is -2.30. The highest BCUT2D eigenvalue weighted by Gasteiger charge is 2.26. The van der Waals surface area contributed by atoms with E-state index in [1.165, 1.54) is 0 Å². The van der Waals surface area contributed by atoms with E-state index in [1.807, 2.05) is 43.3 Å². The van der Waals surface area contributed by atoms with E-state index in [4.69, 9.17) is 23.2 Å². The fourth-order valence-corrected chi connectivity index (χ4v) is 3.85. The minimum absolute atomic E-state index is 0.0822. The van der Waals surface area contributed by atoms with Crippen LogP contribution < -0.4 is 10.9 Å². The first-order valence-corrected chi connectivity index (χ1v) is 9.18. The lowest BCUT2D eigenvalue weighted by atomic mass is 10.0. The minimum Gasteiger partial charge on any atom is -0.325 e. The number of benzene rings is 2. The van der Waals surface area contributed by atoms with Gasteiger partial charge in [-0.05, 0) is 55.2 Å². The van der Waals surface area contributed by atoms with Crippen molar-refractivity contribution in [2.45, 2.75) is 25.8 Å². The first kappa shape index (κ1) is 17.1. The highest BCUT2D eigenvalue weighted by molar-refractivity contribution is 6.31. The van der Waals surface area contributed by atoms with E-state index in [0.29, 0.717) is 16.0 Å². The molecule has 4 nitrogen and oxygen atoms in total. The van der Waals surface area contributed by atoms with Gasteiger partial charge in [0.05, 0.1) is 6.04 Å². The molecule has 1 N–H and O–H groups in total. The van der Waals surface area contributed by atoms with Gasteiger partial charge in [-0.15, -0.1) is 0 Å². The Morgan fingerprint density at radius 3 is 2.77 bits per heavy atom. The second kappa shape index (κ2) is 6.78. The van der Waals surface area contributed by atoms with Gasteiger partial charge < -0.3 is 9.88 Å². The highest BCUT2D eigenvalue weighted by Crippen LogP contribution is 2.36. The third-order valence-corrected chi connectivity index (χ3v) is 5.42. The number of nitrogens with one attached hydrogen (secondary N) is 1. The lowest BCUT2D eigenvalue weighted by molar-refractivity contribution is 0.615. The van der Waals surface area contributed by atoms with Crippen molar-refractivity contribution in [3.8, 4) is 0 Å². The Balaban J connectivity index is 1.82. The second-order valence-corrected chi connectivity index (χ2v) is 7.27. The van der Waals surface area contributed by atoms with Crippen LogP contribution in [0.1, 0.15) is 29.3 Å². The molecule has 3 aromatic rings. The molecule has 0 radical (unpaired) electrons. The van der Waals surface area contributed by atoms with E-state index in [-0.39, 0.29) is 11.6 Å². The molecular weight excluding hydrogens is 369 g/mol. The smallest absolute Gasteiger partial charge is 0.274 e. The maximum atomic E-state index is 12.1. The predicted octanol–water partition coefficient (Wildman–Crippen LogP) is 5.14. The molecule has 26 heavy (non-hydrogen) atoms. The molecule has 2 heterocycles. The van der Waals surface area contributed by atoms with Crippen molar-refractivity contribution in [3.63, 3.8) is 0 Å². The Kier molecular flexibility index (Phi) is 4.47. The number of halogens is 2. The van der Waals surface area contributed by atoms with Crippen LogP contribution in [0, 0.1) is 6.92 Å². The molecule has 6 heteroatoms. The number of nitrogens with zero attached hydrogens (tertiary/aromatic N) is 2. The molecule has 132 valence electrons. The van der Waals surface area contributed by atoms with Crippen LogP contribution in [0.25, 0.3) is 0 Å². The molecule has 0 spiro atoms. The van der Waals surface area contributed by atoms with Crippen molar-refractivity contribution in [2.75, 3.05) is 5.32 Å². The SMILES string of the molecule is Cc1c(Cl)cccc1Nc1nc(=O)cc2n1C(c1cccc(Cl)c1)CC2. The Morgan fingerprint density at radius 2 is 1.96 bits per heavy atom. The van der Waals surface area contributed by atoms with Crippen LogP contribution in [0.15, 0.2) is 53.3 Å². The zero-order chi connectivity index (χ0) is 18.3. The van der Waals surface area contributed by atoms with Crippen molar-refractivity contribution in [1.82, 2.24) is 9.55 Å². The molecule has 0 saturated carbocycles. The summed E-state index contributed by atoms with van der Waals surface area (Å²) in [4.78, 5) is 16.3. The first-order chi connectivity index (χ1) is 12.5. The molecule has 1 unspecified atom stereocenters. The molecule has 1 atom stereocenters. The standard InChI is InChI=1S/C20H17Cl2N3O/c1-12-16(22)6-3-7-17(12)23-20-24-19(26)11-15-8-9-18(25(15)20)13-4-2-5-14(21)10-13/h2-7,10-11,18H,8-9H2,1H3,(H,23,24,26). The fraction of sp³-hybridized carbons (Fsp3) is 0.200. The summed E-state index contributed by atoms with van der Waals surface area (Å²) < 4.78 is 2.09. The van der Waals surface area contributed by atoms with Gasteiger partial charge in [0, 0.05) is 27.5 Å². The molecule has 1 aromatic heterocycles. The molecule has 4 rings (SSSR count). The molecule has 0 fully saturated rings. The Morgan fingerprint density at radius 1 is 1.15 bits per heavy atom. The molecule has 0 saturated heterocycles. The van der Waals surface area contributed by atoms with E-state index in [9.17, 15) is 4.79 Å². The van der Waals surface area contributed by atoms with Gasteiger partial charge in [-0.25, -0.2) is 0 Å². The van der Waals surface area contributed by atoms with Crippen LogP contribution in [0.5, 0.6) is 0 Å². The second-order valence-electron chi connectivity index (χ2n) is 6.43. The number of aromatic nitrogens is 2. The normalized spacial score (nSPS) is 15.7. The average Bonchev–Trinajstić information content (AvgIpc) is 3.03. The zero-order valence-electron chi connectivity index (χ0n) is 14.2. The van der Waals surface area contributed by atoms with Crippen LogP contribution in [0.2, 0.25) is 10.0 Å². The van der Waals surface area contributed by atoms with Gasteiger partial charge in [0.2, 0.25) is 5.95 Å². The summed E-state index contributed by atoms with van der Waals surface area (Å²) in [5.41, 5.74) is 3.58. The van der Waals surface area contributed by atoms with Gasteiger partial charge >= 0.3 is 0 Å². The van der Waals surface area contributed by atoms with Gasteiger partial charge in [-0.1, -0.05) is 41.4 Å². The van der Waals surface area contributed by atoms with Crippen LogP contribution >= 0.6 is 23.2 Å². The summed E-state index contributed by atoms with van der Waals surface area (Å²) in [7, 11) is 0. The quantitative estimate of drug-likeness (QED) is 0.678. The third-order valence-electron chi connectivity index (χ3n) is 4.78. The largest absolute Gasteiger partial charge is 0.325 e. The van der Waals surface area contributed by atoms with E-state index in [1.54, 1.807) is 6.07 Å². The average molecular weight is 386 g/mol. The summed E-state index contributed by atoms with van der Waals surface area (Å²) in [5.74, 6) is 0.528. The molecular formula is C20H17Cl2N3O. The van der Waals surface area contributed by atoms with Gasteiger partial charge in [0.1, 0.15) is 0 Å². The van der Waals surface area contributed by atoms with Crippen molar-refractivity contribution in [1.29, 1.82) is 0 Å². The highest BCUT2D eigenvalue weighted by atomic mass is 35.5. The number of hydrogen-bond donors (Lipinski definition) is 1. The molecule has 0 amide bonds. The van der Waals surface area contributed by atoms with Gasteiger partial charge in [0.15, 0.2) is 0 Å². The van der Waals surface area contributed by atoms with Crippen LogP contribution in [0.4, 0.5) is 11.6 Å². The first-order valence-electron chi connectivity index (χ1n) is 8.43. The van der Waals surface area contributed by atoms with Crippen molar-refractivity contribution >= 4 is 34.8 Å². The van der Waals surface area contributed by atoms with E-state index < -0.39 is 0 Å². The maximum absolute atomic E-state index is 12.1. The third kappa shape index (κ3) is 3.11. The summed E-state index contributed by atoms with van der Waals surface area (Å²) in [6.45, 7) is 1.94. The van der Waals surface area contributed by atoms with Crippen LogP contribution in [0.3, 0.4) is 0 Å². The Bertz CT molecular complexity index is 1050. The minimum atomic E-state index is -0.245. The lowest BCUT2D eigenvalue weighted by Gasteiger charge is -2.21. The number of rotatable bonds is 3. The molecule has 2 aromatic carbocycles. The molecule has 0 bridgehead atoms. The summed E-state index contributed by atoms with van der Waals surface area (Å²) in [6, 6.07) is 15.2. The summed E-state index contributed by atoms with van der Waals surface area (Å²) in [5, 5.41) is 4.67. The van der Waals surface area contributed by atoms with E-state index in [2.05, 4.69) is 20.9 Å². The zero-order valence-corrected chi connectivity index (χ0v) is 15.7. The molecule has 1 aliphatic heterocycles. The Labute approximate surface area is 161 Å². The number of hydrogen-bond acceptors (Lipinski definition) is 3. The lowest BCUT2D eigenvalue weighted by Crippen LogP contribution is -2.19. The number of anilines is 2.